The molecule has 1 atom stereocenters. The van der Waals surface area contributed by atoms with Gasteiger partial charge in [0.15, 0.2) is 0 Å². The molecular weight excluding hydrogens is 288 g/mol. The third-order valence-electron chi connectivity index (χ3n) is 4.15. The highest BCUT2D eigenvalue weighted by molar-refractivity contribution is 5.88. The number of carbonyl (C=O) groups is 1. The molecule has 120 valence electrons. The number of benzene rings is 1. The summed E-state index contributed by atoms with van der Waals surface area (Å²) >= 11 is 0. The monoisotopic (exact) mass is 310 g/mol. The van der Waals surface area contributed by atoms with Gasteiger partial charge in [-0.15, -0.1) is 0 Å². The molecule has 1 fully saturated rings. The average molecular weight is 310 g/mol. The Hall–Kier alpha value is -2.40. The Kier molecular flexibility index (Phi) is 4.57. The van der Waals surface area contributed by atoms with Crippen molar-refractivity contribution in [2.45, 2.75) is 13.0 Å². The van der Waals surface area contributed by atoms with E-state index in [0.717, 1.165) is 24.3 Å². The number of hydrogen-bond donors (Lipinski definition) is 1. The van der Waals surface area contributed by atoms with E-state index in [1.807, 2.05) is 48.2 Å². The molecule has 5 nitrogen and oxygen atoms in total. The van der Waals surface area contributed by atoms with Gasteiger partial charge in [-0.05, 0) is 31.7 Å². The van der Waals surface area contributed by atoms with Crippen molar-refractivity contribution in [2.75, 3.05) is 32.0 Å². The van der Waals surface area contributed by atoms with Crippen molar-refractivity contribution in [3.63, 3.8) is 0 Å². The SMILES string of the molecule is Cc1cccc(NC(=O)N2CCN(C)CC2c2ccccc2)n1. The lowest BCUT2D eigenvalue weighted by atomic mass is 10.0. The number of nitrogens with zero attached hydrogens (tertiary/aromatic N) is 3. The summed E-state index contributed by atoms with van der Waals surface area (Å²) in [5, 5.41) is 2.92. The number of urea groups is 1. The van der Waals surface area contributed by atoms with Gasteiger partial charge < -0.3 is 9.80 Å². The van der Waals surface area contributed by atoms with Crippen molar-refractivity contribution in [1.29, 1.82) is 0 Å². The van der Waals surface area contributed by atoms with Crippen LogP contribution in [0.5, 0.6) is 0 Å². The molecule has 2 aromatic rings. The third-order valence-corrected chi connectivity index (χ3v) is 4.15. The molecule has 2 amide bonds. The molecule has 3 rings (SSSR count). The van der Waals surface area contributed by atoms with Crippen molar-refractivity contribution in [2.24, 2.45) is 0 Å². The van der Waals surface area contributed by atoms with Crippen LogP contribution in [0.2, 0.25) is 0 Å². The second-order valence-corrected chi connectivity index (χ2v) is 5.98. The molecular formula is C18H22N4O. The first-order chi connectivity index (χ1) is 11.1. The van der Waals surface area contributed by atoms with Gasteiger partial charge in [0.2, 0.25) is 0 Å². The smallest absolute Gasteiger partial charge is 0.315 e. The first kappa shape index (κ1) is 15.5. The molecule has 1 unspecified atom stereocenters. The zero-order valence-electron chi connectivity index (χ0n) is 13.6. The van der Waals surface area contributed by atoms with E-state index in [-0.39, 0.29) is 12.1 Å². The maximum Gasteiger partial charge on any atom is 0.323 e. The number of hydrogen-bond acceptors (Lipinski definition) is 3. The Balaban J connectivity index is 1.79. The number of likely N-dealkylation sites (N-methyl/N-ethyl adjacent to an activating group) is 1. The Morgan fingerprint density at radius 2 is 1.91 bits per heavy atom. The molecule has 0 aliphatic carbocycles. The van der Waals surface area contributed by atoms with Gasteiger partial charge in [0.25, 0.3) is 0 Å². The van der Waals surface area contributed by atoms with E-state index in [9.17, 15) is 4.79 Å². The molecule has 1 aliphatic rings. The van der Waals surface area contributed by atoms with Gasteiger partial charge in [-0.3, -0.25) is 5.32 Å². The fourth-order valence-electron chi connectivity index (χ4n) is 2.92. The Bertz CT molecular complexity index is 674. The van der Waals surface area contributed by atoms with Crippen LogP contribution in [0.4, 0.5) is 10.6 Å². The van der Waals surface area contributed by atoms with Crippen molar-refractivity contribution in [1.82, 2.24) is 14.8 Å². The molecule has 1 N–H and O–H groups in total. The van der Waals surface area contributed by atoms with Crippen molar-refractivity contribution < 1.29 is 4.79 Å². The number of aryl methyl sites for hydroxylation is 1. The Morgan fingerprint density at radius 3 is 2.65 bits per heavy atom. The summed E-state index contributed by atoms with van der Waals surface area (Å²) in [7, 11) is 2.09. The standard InChI is InChI=1S/C18H22N4O/c1-14-7-6-10-17(19-14)20-18(23)22-12-11-21(2)13-16(22)15-8-4-3-5-9-15/h3-10,16H,11-13H2,1-2H3,(H,19,20,23). The summed E-state index contributed by atoms with van der Waals surface area (Å²) in [4.78, 5) is 21.2. The van der Waals surface area contributed by atoms with Crippen molar-refractivity contribution in [3.8, 4) is 0 Å². The highest BCUT2D eigenvalue weighted by Gasteiger charge is 2.30. The zero-order valence-corrected chi connectivity index (χ0v) is 13.6. The van der Waals surface area contributed by atoms with E-state index < -0.39 is 0 Å². The highest BCUT2D eigenvalue weighted by atomic mass is 16.2. The van der Waals surface area contributed by atoms with Crippen LogP contribution in [0.3, 0.4) is 0 Å². The number of carbonyl (C=O) groups excluding carboxylic acids is 1. The van der Waals surface area contributed by atoms with Crippen LogP contribution in [0.15, 0.2) is 48.5 Å². The number of pyridine rings is 1. The average Bonchev–Trinajstić information content (AvgIpc) is 2.55. The Labute approximate surface area is 136 Å². The fourth-order valence-corrected chi connectivity index (χ4v) is 2.92. The number of aromatic nitrogens is 1. The molecule has 2 heterocycles. The minimum atomic E-state index is -0.0925. The van der Waals surface area contributed by atoms with Gasteiger partial charge in [-0.1, -0.05) is 36.4 Å². The summed E-state index contributed by atoms with van der Waals surface area (Å²) in [6.45, 7) is 4.32. The highest BCUT2D eigenvalue weighted by Crippen LogP contribution is 2.25. The van der Waals surface area contributed by atoms with Crippen molar-refractivity contribution in [3.05, 3.63) is 59.8 Å². The quantitative estimate of drug-likeness (QED) is 0.928. The molecule has 0 bridgehead atoms. The summed E-state index contributed by atoms with van der Waals surface area (Å²) in [5.41, 5.74) is 2.05. The molecule has 0 saturated carbocycles. The maximum absolute atomic E-state index is 12.7. The molecule has 1 aromatic carbocycles. The van der Waals surface area contributed by atoms with Crippen LogP contribution < -0.4 is 5.32 Å². The van der Waals surface area contributed by atoms with E-state index in [1.54, 1.807) is 0 Å². The summed E-state index contributed by atoms with van der Waals surface area (Å²) in [6.07, 6.45) is 0. The van der Waals surface area contributed by atoms with E-state index in [0.29, 0.717) is 12.4 Å². The summed E-state index contributed by atoms with van der Waals surface area (Å²) < 4.78 is 0. The van der Waals surface area contributed by atoms with Gasteiger partial charge in [0.1, 0.15) is 5.82 Å². The van der Waals surface area contributed by atoms with Gasteiger partial charge in [0.05, 0.1) is 6.04 Å². The van der Waals surface area contributed by atoms with Crippen LogP contribution >= 0.6 is 0 Å². The predicted octanol–water partition coefficient (Wildman–Crippen LogP) is 2.91. The van der Waals surface area contributed by atoms with E-state index >= 15 is 0 Å². The largest absolute Gasteiger partial charge is 0.323 e. The number of amides is 2. The summed E-state index contributed by atoms with van der Waals surface area (Å²) in [5.74, 6) is 0.598. The van der Waals surface area contributed by atoms with Crippen LogP contribution in [0, 0.1) is 6.92 Å². The molecule has 5 heteroatoms. The molecule has 0 radical (unpaired) electrons. The molecule has 1 aromatic heterocycles. The lowest BCUT2D eigenvalue weighted by molar-refractivity contribution is 0.116. The van der Waals surface area contributed by atoms with E-state index in [2.05, 4.69) is 34.4 Å². The zero-order chi connectivity index (χ0) is 16.2. The lowest BCUT2D eigenvalue weighted by Gasteiger charge is -2.40. The second-order valence-electron chi connectivity index (χ2n) is 5.98. The second kappa shape index (κ2) is 6.79. The molecule has 1 saturated heterocycles. The predicted molar refractivity (Wildman–Crippen MR) is 91.4 cm³/mol. The topological polar surface area (TPSA) is 48.5 Å². The van der Waals surface area contributed by atoms with Crippen molar-refractivity contribution >= 4 is 11.8 Å². The van der Waals surface area contributed by atoms with Crippen LogP contribution in [-0.4, -0.2) is 47.5 Å². The fraction of sp³-hybridized carbons (Fsp3) is 0.333. The van der Waals surface area contributed by atoms with Gasteiger partial charge >= 0.3 is 6.03 Å². The van der Waals surface area contributed by atoms with Crippen LogP contribution in [-0.2, 0) is 0 Å². The Morgan fingerprint density at radius 1 is 1.13 bits per heavy atom. The number of nitrogens with one attached hydrogen (secondary N) is 1. The number of piperazine rings is 1. The first-order valence-corrected chi connectivity index (χ1v) is 7.88. The van der Waals surface area contributed by atoms with Gasteiger partial charge in [0, 0.05) is 25.3 Å². The molecule has 1 aliphatic heterocycles. The number of rotatable bonds is 2. The lowest BCUT2D eigenvalue weighted by Crippen LogP contribution is -2.50. The van der Waals surface area contributed by atoms with E-state index in [4.69, 9.17) is 0 Å². The molecule has 0 spiro atoms. The number of anilines is 1. The normalized spacial score (nSPS) is 18.7. The maximum atomic E-state index is 12.7. The third kappa shape index (κ3) is 3.68. The van der Waals surface area contributed by atoms with Gasteiger partial charge in [-0.25, -0.2) is 9.78 Å². The minimum Gasteiger partial charge on any atom is -0.315 e. The van der Waals surface area contributed by atoms with Gasteiger partial charge in [-0.2, -0.15) is 0 Å². The van der Waals surface area contributed by atoms with Crippen LogP contribution in [0.1, 0.15) is 17.3 Å². The first-order valence-electron chi connectivity index (χ1n) is 7.88. The summed E-state index contributed by atoms with van der Waals surface area (Å²) in [6, 6.07) is 15.8. The minimum absolute atomic E-state index is 0.0553. The molecule has 23 heavy (non-hydrogen) atoms. The van der Waals surface area contributed by atoms with E-state index in [1.165, 1.54) is 0 Å². The van der Waals surface area contributed by atoms with Crippen LogP contribution in [0.25, 0.3) is 0 Å².